The van der Waals surface area contributed by atoms with E-state index in [1.807, 2.05) is 0 Å². The van der Waals surface area contributed by atoms with Crippen molar-refractivity contribution in [2.45, 2.75) is 0 Å². The summed E-state index contributed by atoms with van der Waals surface area (Å²) >= 11 is 5.99. The molecule has 12 nitrogen and oxygen atoms in total. The number of nitro benzene ring substituents is 3. The lowest BCUT2D eigenvalue weighted by molar-refractivity contribution is -0.393. The highest BCUT2D eigenvalue weighted by Gasteiger charge is 2.28. The number of para-hydroxylation sites is 1. The third-order valence-corrected chi connectivity index (χ3v) is 4.52. The minimum atomic E-state index is -0.953. The molecule has 0 aliphatic heterocycles. The summed E-state index contributed by atoms with van der Waals surface area (Å²) in [7, 11) is 0. The molecule has 0 saturated heterocycles. The first-order valence-corrected chi connectivity index (χ1v) is 9.09. The average Bonchev–Trinajstić information content (AvgIpc) is 2.75. The molecule has 0 aliphatic carbocycles. The zero-order valence-corrected chi connectivity index (χ0v) is 16.6. The zero-order chi connectivity index (χ0) is 23.4. The molecule has 3 aromatic carbocycles. The van der Waals surface area contributed by atoms with Crippen molar-refractivity contribution >= 4 is 51.6 Å². The monoisotopic (exact) mass is 457 g/mol. The Morgan fingerprint density at radius 3 is 2.03 bits per heavy atom. The van der Waals surface area contributed by atoms with Crippen molar-refractivity contribution in [2.75, 3.05) is 10.6 Å². The van der Waals surface area contributed by atoms with Gasteiger partial charge in [0.15, 0.2) is 0 Å². The molecule has 162 valence electrons. The summed E-state index contributed by atoms with van der Waals surface area (Å²) in [4.78, 5) is 44.3. The molecule has 0 unspecified atom stereocenters. The summed E-state index contributed by atoms with van der Waals surface area (Å²) in [6, 6.07) is 13.1. The van der Waals surface area contributed by atoms with Gasteiger partial charge in [-0.05, 0) is 18.2 Å². The van der Waals surface area contributed by atoms with Gasteiger partial charge in [0.25, 0.3) is 23.0 Å². The van der Waals surface area contributed by atoms with Crippen LogP contribution in [0.1, 0.15) is 10.4 Å². The van der Waals surface area contributed by atoms with Crippen molar-refractivity contribution in [1.29, 1.82) is 0 Å². The molecule has 13 heteroatoms. The SMILES string of the molecule is O=C(Nc1ccc([N+](=O)[O-])cc1Cl)c1cc([N+](=O)[O-])cc([N+](=O)[O-])c1Nc1ccccc1. The van der Waals surface area contributed by atoms with Gasteiger partial charge < -0.3 is 10.6 Å². The van der Waals surface area contributed by atoms with Gasteiger partial charge in [0, 0.05) is 23.9 Å². The molecule has 3 aromatic rings. The molecule has 0 saturated carbocycles. The summed E-state index contributed by atoms with van der Waals surface area (Å²) < 4.78 is 0. The largest absolute Gasteiger partial charge is 0.349 e. The molecule has 0 atom stereocenters. The summed E-state index contributed by atoms with van der Waals surface area (Å²) in [5.74, 6) is -0.953. The molecule has 0 bridgehead atoms. The molecule has 0 heterocycles. The number of carbonyl (C=O) groups is 1. The van der Waals surface area contributed by atoms with Crippen molar-refractivity contribution in [3.63, 3.8) is 0 Å². The van der Waals surface area contributed by atoms with Crippen molar-refractivity contribution in [2.24, 2.45) is 0 Å². The van der Waals surface area contributed by atoms with E-state index >= 15 is 0 Å². The highest BCUT2D eigenvalue weighted by molar-refractivity contribution is 6.34. The van der Waals surface area contributed by atoms with Crippen molar-refractivity contribution in [3.05, 3.63) is 102 Å². The molecular weight excluding hydrogens is 446 g/mol. The highest BCUT2D eigenvalue weighted by atomic mass is 35.5. The molecule has 0 aliphatic rings. The molecule has 2 N–H and O–H groups in total. The fourth-order valence-corrected chi connectivity index (χ4v) is 2.97. The van der Waals surface area contributed by atoms with Crippen LogP contribution in [0.2, 0.25) is 5.02 Å². The minimum Gasteiger partial charge on any atom is -0.349 e. The number of amides is 1. The van der Waals surface area contributed by atoms with Crippen LogP contribution in [0.4, 0.5) is 34.1 Å². The number of benzene rings is 3. The van der Waals surface area contributed by atoms with E-state index in [2.05, 4.69) is 10.6 Å². The maximum atomic E-state index is 13.0. The second-order valence-corrected chi connectivity index (χ2v) is 6.68. The number of halogens is 1. The predicted molar refractivity (Wildman–Crippen MR) is 116 cm³/mol. The van der Waals surface area contributed by atoms with E-state index in [1.165, 1.54) is 6.07 Å². The van der Waals surface area contributed by atoms with E-state index in [0.29, 0.717) is 5.69 Å². The van der Waals surface area contributed by atoms with E-state index in [4.69, 9.17) is 11.6 Å². The lowest BCUT2D eigenvalue weighted by Crippen LogP contribution is -2.16. The normalized spacial score (nSPS) is 10.3. The Hall–Kier alpha value is -4.58. The Morgan fingerprint density at radius 2 is 1.47 bits per heavy atom. The second kappa shape index (κ2) is 9.06. The summed E-state index contributed by atoms with van der Waals surface area (Å²) in [5, 5.41) is 38.7. The average molecular weight is 458 g/mol. The van der Waals surface area contributed by atoms with E-state index < -0.39 is 37.6 Å². The summed E-state index contributed by atoms with van der Waals surface area (Å²) in [5.41, 5.74) is -1.98. The molecular formula is C19H12ClN5O7. The smallest absolute Gasteiger partial charge is 0.300 e. The standard InChI is InChI=1S/C19H12ClN5O7/c20-15-9-12(23(27)28)6-7-16(15)22-19(26)14-8-13(24(29)30)10-17(25(31)32)18(14)21-11-4-2-1-3-5-11/h1-10,21H,(H,22,26). The zero-order valence-electron chi connectivity index (χ0n) is 15.9. The number of anilines is 3. The topological polar surface area (TPSA) is 171 Å². The second-order valence-electron chi connectivity index (χ2n) is 6.27. The van der Waals surface area contributed by atoms with Crippen LogP contribution < -0.4 is 10.6 Å². The van der Waals surface area contributed by atoms with Crippen LogP contribution in [-0.4, -0.2) is 20.7 Å². The lowest BCUT2D eigenvalue weighted by atomic mass is 10.1. The maximum absolute atomic E-state index is 13.0. The van der Waals surface area contributed by atoms with Gasteiger partial charge in [0.1, 0.15) is 5.69 Å². The molecule has 3 rings (SSSR count). The van der Waals surface area contributed by atoms with Gasteiger partial charge in [0.05, 0.1) is 37.1 Å². The molecule has 0 fully saturated rings. The van der Waals surface area contributed by atoms with E-state index in [1.54, 1.807) is 30.3 Å². The first-order chi connectivity index (χ1) is 15.2. The number of non-ortho nitro benzene ring substituents is 2. The molecule has 0 radical (unpaired) electrons. The lowest BCUT2D eigenvalue weighted by Gasteiger charge is -2.13. The van der Waals surface area contributed by atoms with Gasteiger partial charge in [-0.1, -0.05) is 29.8 Å². The Morgan fingerprint density at radius 1 is 0.812 bits per heavy atom. The quantitative estimate of drug-likeness (QED) is 0.366. The van der Waals surface area contributed by atoms with Crippen LogP contribution in [0.15, 0.2) is 60.7 Å². The fraction of sp³-hybridized carbons (Fsp3) is 0. The summed E-state index contributed by atoms with van der Waals surface area (Å²) in [6.07, 6.45) is 0. The van der Waals surface area contributed by atoms with Crippen LogP contribution in [0.5, 0.6) is 0 Å². The van der Waals surface area contributed by atoms with Gasteiger partial charge in [-0.3, -0.25) is 35.1 Å². The van der Waals surface area contributed by atoms with Gasteiger partial charge >= 0.3 is 0 Å². The van der Waals surface area contributed by atoms with Gasteiger partial charge in [-0.2, -0.15) is 0 Å². The number of hydrogen-bond donors (Lipinski definition) is 2. The Balaban J connectivity index is 2.10. The Labute approximate surface area is 183 Å². The van der Waals surface area contributed by atoms with Gasteiger partial charge in [0.2, 0.25) is 0 Å². The predicted octanol–water partition coefficient (Wildman–Crippen LogP) is 5.06. The van der Waals surface area contributed by atoms with Crippen molar-refractivity contribution in [3.8, 4) is 0 Å². The first kappa shape index (κ1) is 22.1. The van der Waals surface area contributed by atoms with Crippen LogP contribution in [0.25, 0.3) is 0 Å². The summed E-state index contributed by atoms with van der Waals surface area (Å²) in [6.45, 7) is 0. The third kappa shape index (κ3) is 4.76. The molecule has 0 aromatic heterocycles. The van der Waals surface area contributed by atoms with Crippen LogP contribution in [-0.2, 0) is 0 Å². The van der Waals surface area contributed by atoms with Crippen molar-refractivity contribution < 1.29 is 19.6 Å². The number of carbonyl (C=O) groups excluding carboxylic acids is 1. The van der Waals surface area contributed by atoms with Crippen LogP contribution in [0, 0.1) is 30.3 Å². The molecule has 32 heavy (non-hydrogen) atoms. The highest BCUT2D eigenvalue weighted by Crippen LogP contribution is 2.36. The number of nitro groups is 3. The Kier molecular flexibility index (Phi) is 6.26. The minimum absolute atomic E-state index is 0.0258. The molecule has 0 spiro atoms. The van der Waals surface area contributed by atoms with Gasteiger partial charge in [-0.25, -0.2) is 0 Å². The number of rotatable bonds is 7. The van der Waals surface area contributed by atoms with E-state index in [0.717, 1.165) is 24.3 Å². The number of hydrogen-bond acceptors (Lipinski definition) is 8. The fourth-order valence-electron chi connectivity index (χ4n) is 2.75. The first-order valence-electron chi connectivity index (χ1n) is 8.71. The van der Waals surface area contributed by atoms with Crippen LogP contribution >= 0.6 is 11.6 Å². The van der Waals surface area contributed by atoms with E-state index in [9.17, 15) is 35.1 Å². The van der Waals surface area contributed by atoms with Crippen LogP contribution in [0.3, 0.4) is 0 Å². The third-order valence-electron chi connectivity index (χ3n) is 4.21. The number of nitrogens with one attached hydrogen (secondary N) is 2. The van der Waals surface area contributed by atoms with Gasteiger partial charge in [-0.15, -0.1) is 0 Å². The molecule has 1 amide bonds. The van der Waals surface area contributed by atoms with E-state index in [-0.39, 0.29) is 22.1 Å². The maximum Gasteiger partial charge on any atom is 0.300 e. The number of nitrogens with zero attached hydrogens (tertiary/aromatic N) is 3. The Bertz CT molecular complexity index is 1250. The van der Waals surface area contributed by atoms with Crippen molar-refractivity contribution in [1.82, 2.24) is 0 Å².